The highest BCUT2D eigenvalue weighted by Gasteiger charge is 2.61. The van der Waals surface area contributed by atoms with Crippen LogP contribution in [0.2, 0.25) is 0 Å². The third-order valence-corrected chi connectivity index (χ3v) is 3.59. The van der Waals surface area contributed by atoms with E-state index in [9.17, 15) is 9.59 Å². The molecule has 3 aliphatic heterocycles. The van der Waals surface area contributed by atoms with Gasteiger partial charge in [0.1, 0.15) is 0 Å². The van der Waals surface area contributed by atoms with Gasteiger partial charge in [-0.1, -0.05) is 23.8 Å². The fraction of sp³-hybridized carbons (Fsp3) is 0.500. The highest BCUT2D eigenvalue weighted by molar-refractivity contribution is 6.29. The van der Waals surface area contributed by atoms with Crippen LogP contribution in [0.4, 0.5) is 0 Å². The van der Waals surface area contributed by atoms with E-state index >= 15 is 0 Å². The number of imide groups is 1. The molecule has 96 valence electrons. The molecule has 0 radical (unpaired) electrons. The smallest absolute Gasteiger partial charge is 0.260 e. The molecule has 0 aromatic heterocycles. The monoisotopic (exact) mass is 269 g/mol. The van der Waals surface area contributed by atoms with E-state index < -0.39 is 11.8 Å². The highest BCUT2D eigenvalue weighted by atomic mass is 35.5. The van der Waals surface area contributed by atoms with Gasteiger partial charge >= 0.3 is 0 Å². The summed E-state index contributed by atoms with van der Waals surface area (Å²) in [4.78, 5) is 29.3. The molecular formula is C12H12ClNO4. The molecule has 5 nitrogen and oxygen atoms in total. The van der Waals surface area contributed by atoms with Gasteiger partial charge in [-0.2, -0.15) is 5.06 Å². The van der Waals surface area contributed by atoms with Crippen molar-refractivity contribution in [2.45, 2.75) is 19.1 Å². The summed E-state index contributed by atoms with van der Waals surface area (Å²) in [5.41, 5.74) is 0. The molecule has 3 rings (SSSR count). The number of hydroxylamine groups is 2. The van der Waals surface area contributed by atoms with Crippen molar-refractivity contribution in [2.24, 2.45) is 11.8 Å². The van der Waals surface area contributed by atoms with Gasteiger partial charge in [0.2, 0.25) is 0 Å². The average molecular weight is 270 g/mol. The predicted octanol–water partition coefficient (Wildman–Crippen LogP) is 0.999. The van der Waals surface area contributed by atoms with Crippen molar-refractivity contribution < 1.29 is 19.2 Å². The summed E-state index contributed by atoms with van der Waals surface area (Å²) < 4.78 is 5.50. The van der Waals surface area contributed by atoms with E-state index in [4.69, 9.17) is 21.2 Å². The van der Waals surface area contributed by atoms with E-state index in [2.05, 4.69) is 0 Å². The molecule has 2 fully saturated rings. The Kier molecular flexibility index (Phi) is 2.77. The number of ether oxygens (including phenoxy) is 1. The number of hydrogen-bond acceptors (Lipinski definition) is 4. The van der Waals surface area contributed by atoms with Crippen LogP contribution in [0.15, 0.2) is 23.3 Å². The summed E-state index contributed by atoms with van der Waals surface area (Å²) in [5, 5.41) is 1.42. The molecule has 0 saturated carbocycles. The first kappa shape index (κ1) is 11.9. The van der Waals surface area contributed by atoms with Gasteiger partial charge in [0.05, 0.1) is 30.7 Å². The number of rotatable bonds is 3. The maximum Gasteiger partial charge on any atom is 0.260 e. The van der Waals surface area contributed by atoms with Crippen LogP contribution in [0.3, 0.4) is 0 Å². The molecule has 0 aliphatic carbocycles. The lowest BCUT2D eigenvalue weighted by molar-refractivity contribution is -0.188. The summed E-state index contributed by atoms with van der Waals surface area (Å²) in [6.07, 6.45) is 4.71. The molecule has 0 unspecified atom stereocenters. The zero-order valence-electron chi connectivity index (χ0n) is 9.71. The van der Waals surface area contributed by atoms with Crippen LogP contribution in [-0.2, 0) is 19.2 Å². The van der Waals surface area contributed by atoms with Crippen LogP contribution in [0, 0.1) is 11.8 Å². The second-order valence-corrected chi connectivity index (χ2v) is 5.16. The van der Waals surface area contributed by atoms with Gasteiger partial charge < -0.3 is 4.74 Å². The number of hydrogen-bond donors (Lipinski definition) is 0. The van der Waals surface area contributed by atoms with E-state index in [-0.39, 0.29) is 30.6 Å². The summed E-state index contributed by atoms with van der Waals surface area (Å²) >= 11 is 5.65. The minimum atomic E-state index is -0.423. The van der Waals surface area contributed by atoms with Gasteiger partial charge in [-0.15, -0.1) is 0 Å². The van der Waals surface area contributed by atoms with E-state index in [0.29, 0.717) is 5.03 Å². The standard InChI is InChI=1S/C12H12ClNO4/c1-6(13)4-5-17-14-11(15)9-7-2-3-8(18-7)10(9)12(14)16/h2-4,7-10H,5H2,1H3/b6-4-/t7-,8-,9-,10+/m0/s1. The SMILES string of the molecule is C/C(Cl)=C/CON1C(=O)[C@@H]2[C@H](C1=O)[C@@H]1C=C[C@@H]2O1. The lowest BCUT2D eigenvalue weighted by Gasteiger charge is -2.15. The molecule has 0 spiro atoms. The fourth-order valence-electron chi connectivity index (χ4n) is 2.63. The normalized spacial score (nSPS) is 37.9. The minimum Gasteiger partial charge on any atom is -0.365 e. The average Bonchev–Trinajstić information content (AvgIpc) is 2.97. The Labute approximate surface area is 109 Å². The summed E-state index contributed by atoms with van der Waals surface area (Å²) in [5.74, 6) is -1.48. The van der Waals surface area contributed by atoms with E-state index in [0.717, 1.165) is 5.06 Å². The molecule has 4 atom stereocenters. The lowest BCUT2D eigenvalue weighted by atomic mass is 9.85. The Hall–Kier alpha value is -1.17. The summed E-state index contributed by atoms with van der Waals surface area (Å²) in [6.45, 7) is 1.81. The summed E-state index contributed by atoms with van der Waals surface area (Å²) in [6, 6.07) is 0. The Bertz CT molecular complexity index is 439. The number of amides is 2. The fourth-order valence-corrected chi connectivity index (χ4v) is 2.69. The molecule has 18 heavy (non-hydrogen) atoms. The van der Waals surface area contributed by atoms with Crippen LogP contribution in [-0.4, -0.2) is 35.7 Å². The predicted molar refractivity (Wildman–Crippen MR) is 62.2 cm³/mol. The van der Waals surface area contributed by atoms with Crippen LogP contribution in [0.1, 0.15) is 6.92 Å². The largest absolute Gasteiger partial charge is 0.365 e. The number of carbonyl (C=O) groups is 2. The topological polar surface area (TPSA) is 55.8 Å². The van der Waals surface area contributed by atoms with Crippen LogP contribution < -0.4 is 0 Å². The van der Waals surface area contributed by atoms with Crippen molar-refractivity contribution in [1.82, 2.24) is 5.06 Å². The first-order chi connectivity index (χ1) is 8.59. The number of halogens is 1. The van der Waals surface area contributed by atoms with Crippen molar-refractivity contribution in [3.8, 4) is 0 Å². The molecule has 6 heteroatoms. The minimum absolute atomic E-state index is 0.107. The number of allylic oxidation sites excluding steroid dienone is 1. The lowest BCUT2D eigenvalue weighted by Crippen LogP contribution is -2.34. The third-order valence-electron chi connectivity index (χ3n) is 3.44. The van der Waals surface area contributed by atoms with E-state index in [1.54, 1.807) is 13.0 Å². The van der Waals surface area contributed by atoms with E-state index in [1.165, 1.54) is 0 Å². The van der Waals surface area contributed by atoms with Gasteiger partial charge in [0.15, 0.2) is 0 Å². The second kappa shape index (κ2) is 4.19. The van der Waals surface area contributed by atoms with Gasteiger partial charge in [-0.3, -0.25) is 14.4 Å². The van der Waals surface area contributed by atoms with Gasteiger partial charge in [-0.25, -0.2) is 0 Å². The van der Waals surface area contributed by atoms with Gasteiger partial charge in [0.25, 0.3) is 11.8 Å². The van der Waals surface area contributed by atoms with Crippen molar-refractivity contribution in [3.05, 3.63) is 23.3 Å². The maximum atomic E-state index is 12.1. The molecule has 2 amide bonds. The van der Waals surface area contributed by atoms with Crippen molar-refractivity contribution in [3.63, 3.8) is 0 Å². The molecule has 3 heterocycles. The van der Waals surface area contributed by atoms with Crippen molar-refractivity contribution in [2.75, 3.05) is 6.61 Å². The Morgan fingerprint density at radius 2 is 1.94 bits per heavy atom. The zero-order valence-corrected chi connectivity index (χ0v) is 10.5. The molecular weight excluding hydrogens is 258 g/mol. The zero-order chi connectivity index (χ0) is 12.9. The highest BCUT2D eigenvalue weighted by Crippen LogP contribution is 2.45. The molecule has 0 aromatic carbocycles. The third kappa shape index (κ3) is 1.62. The second-order valence-electron chi connectivity index (χ2n) is 4.56. The van der Waals surface area contributed by atoms with Crippen molar-refractivity contribution >= 4 is 23.4 Å². The maximum absolute atomic E-state index is 12.1. The van der Waals surface area contributed by atoms with Crippen LogP contribution in [0.5, 0.6) is 0 Å². The molecule has 3 aliphatic rings. The van der Waals surface area contributed by atoms with Crippen molar-refractivity contribution in [1.29, 1.82) is 0 Å². The van der Waals surface area contributed by atoms with Gasteiger partial charge in [0, 0.05) is 5.03 Å². The summed E-state index contributed by atoms with van der Waals surface area (Å²) in [7, 11) is 0. The first-order valence-corrected chi connectivity index (χ1v) is 6.14. The van der Waals surface area contributed by atoms with Crippen LogP contribution in [0.25, 0.3) is 0 Å². The Balaban J connectivity index is 1.74. The number of nitrogens with zero attached hydrogens (tertiary/aromatic N) is 1. The quantitative estimate of drug-likeness (QED) is 0.567. The van der Waals surface area contributed by atoms with Gasteiger partial charge in [-0.05, 0) is 13.0 Å². The van der Waals surface area contributed by atoms with Crippen LogP contribution >= 0.6 is 11.6 Å². The Morgan fingerprint density at radius 3 is 2.44 bits per heavy atom. The Morgan fingerprint density at radius 1 is 1.39 bits per heavy atom. The molecule has 0 N–H and O–H groups in total. The molecule has 2 saturated heterocycles. The number of fused-ring (bicyclic) bond motifs is 5. The first-order valence-electron chi connectivity index (χ1n) is 5.76. The number of carbonyl (C=O) groups excluding carboxylic acids is 2. The molecule has 0 aromatic rings. The van der Waals surface area contributed by atoms with E-state index in [1.807, 2.05) is 12.2 Å². The molecule has 2 bridgehead atoms.